The molecule has 0 saturated heterocycles. The molecule has 1 heterocycles. The van der Waals surface area contributed by atoms with Crippen LogP contribution in [0.25, 0.3) is 0 Å². The van der Waals surface area contributed by atoms with Gasteiger partial charge in [0.15, 0.2) is 0 Å². The second-order valence-corrected chi connectivity index (χ2v) is 7.71. The van der Waals surface area contributed by atoms with Crippen molar-refractivity contribution in [3.63, 3.8) is 0 Å². The van der Waals surface area contributed by atoms with Gasteiger partial charge < -0.3 is 11.1 Å². The first-order valence-corrected chi connectivity index (χ1v) is 8.48. The zero-order valence-corrected chi connectivity index (χ0v) is 14.8. The Balaban J connectivity index is 1.95. The fourth-order valence-electron chi connectivity index (χ4n) is 1.87. The lowest BCUT2D eigenvalue weighted by atomic mass is 10.0. The number of carbonyl (C=O) groups is 1. The van der Waals surface area contributed by atoms with Crippen LogP contribution in [0.3, 0.4) is 0 Å². The molecule has 2 aromatic rings. The maximum Gasteiger partial charge on any atom is 0.227 e. The van der Waals surface area contributed by atoms with E-state index in [4.69, 9.17) is 17.3 Å². The highest BCUT2D eigenvalue weighted by molar-refractivity contribution is 9.11. The lowest BCUT2D eigenvalue weighted by molar-refractivity contribution is -0.119. The Morgan fingerprint density at radius 3 is 2.91 bits per heavy atom. The standard InChI is InChI=1S/C14H14BrClFN3OS/c1-7(4-11(18)14-19-6-12(15)22-14)13(21)20-8-2-3-10(17)9(16)5-8/h2-3,5-7,11H,4,18H2,1H3,(H,20,21). The molecule has 2 atom stereocenters. The van der Waals surface area contributed by atoms with Crippen molar-refractivity contribution in [2.75, 3.05) is 5.32 Å². The second kappa shape index (κ2) is 7.50. The largest absolute Gasteiger partial charge is 0.326 e. The fraction of sp³-hybridized carbons (Fsp3) is 0.286. The van der Waals surface area contributed by atoms with Gasteiger partial charge in [0.05, 0.1) is 21.0 Å². The smallest absolute Gasteiger partial charge is 0.227 e. The zero-order valence-electron chi connectivity index (χ0n) is 11.6. The number of rotatable bonds is 5. The molecule has 4 nitrogen and oxygen atoms in total. The number of hydrogen-bond donors (Lipinski definition) is 2. The summed E-state index contributed by atoms with van der Waals surface area (Å²) in [4.78, 5) is 16.3. The highest BCUT2D eigenvalue weighted by Crippen LogP contribution is 2.27. The predicted molar refractivity (Wildman–Crippen MR) is 90.6 cm³/mol. The quantitative estimate of drug-likeness (QED) is 0.775. The van der Waals surface area contributed by atoms with E-state index in [1.807, 2.05) is 0 Å². The molecule has 0 radical (unpaired) electrons. The van der Waals surface area contributed by atoms with Crippen LogP contribution in [0.4, 0.5) is 10.1 Å². The molecule has 0 spiro atoms. The van der Waals surface area contributed by atoms with Crippen molar-refractivity contribution in [1.29, 1.82) is 0 Å². The number of benzene rings is 1. The van der Waals surface area contributed by atoms with Gasteiger partial charge >= 0.3 is 0 Å². The van der Waals surface area contributed by atoms with E-state index in [-0.39, 0.29) is 22.9 Å². The monoisotopic (exact) mass is 405 g/mol. The van der Waals surface area contributed by atoms with Crippen molar-refractivity contribution in [3.05, 3.63) is 44.0 Å². The molecule has 1 aromatic heterocycles. The van der Waals surface area contributed by atoms with E-state index in [2.05, 4.69) is 26.2 Å². The molecular weight excluding hydrogens is 393 g/mol. The van der Waals surface area contributed by atoms with Crippen molar-refractivity contribution in [1.82, 2.24) is 4.98 Å². The molecule has 1 amide bonds. The highest BCUT2D eigenvalue weighted by atomic mass is 79.9. The minimum atomic E-state index is -0.524. The predicted octanol–water partition coefficient (Wildman–Crippen LogP) is 4.36. The molecule has 8 heteroatoms. The van der Waals surface area contributed by atoms with Crippen molar-refractivity contribution < 1.29 is 9.18 Å². The minimum Gasteiger partial charge on any atom is -0.326 e. The second-order valence-electron chi connectivity index (χ2n) is 4.86. The zero-order chi connectivity index (χ0) is 16.3. The summed E-state index contributed by atoms with van der Waals surface area (Å²) in [6.45, 7) is 1.78. The number of nitrogens with one attached hydrogen (secondary N) is 1. The third kappa shape index (κ3) is 4.49. The Morgan fingerprint density at radius 1 is 1.59 bits per heavy atom. The molecule has 3 N–H and O–H groups in total. The van der Waals surface area contributed by atoms with E-state index >= 15 is 0 Å². The van der Waals surface area contributed by atoms with E-state index < -0.39 is 5.82 Å². The SMILES string of the molecule is CC(CC(N)c1ncc(Br)s1)C(=O)Nc1ccc(F)c(Cl)c1. The van der Waals surface area contributed by atoms with Crippen LogP contribution in [-0.2, 0) is 4.79 Å². The van der Waals surface area contributed by atoms with Gasteiger partial charge in [0, 0.05) is 11.6 Å². The summed E-state index contributed by atoms with van der Waals surface area (Å²) in [6, 6.07) is 3.73. The van der Waals surface area contributed by atoms with Gasteiger partial charge in [-0.15, -0.1) is 11.3 Å². The van der Waals surface area contributed by atoms with Gasteiger partial charge in [-0.2, -0.15) is 0 Å². The van der Waals surface area contributed by atoms with Crippen molar-refractivity contribution in [3.8, 4) is 0 Å². The van der Waals surface area contributed by atoms with E-state index in [0.29, 0.717) is 12.1 Å². The number of carbonyl (C=O) groups excluding carboxylic acids is 1. The third-order valence-corrected chi connectivity index (χ3v) is 4.95. The molecule has 0 aliphatic rings. The van der Waals surface area contributed by atoms with E-state index in [1.54, 1.807) is 13.1 Å². The lowest BCUT2D eigenvalue weighted by Crippen LogP contribution is -2.24. The van der Waals surface area contributed by atoms with Crippen LogP contribution < -0.4 is 11.1 Å². The molecule has 2 unspecified atom stereocenters. The Kier molecular flexibility index (Phi) is 5.91. The van der Waals surface area contributed by atoms with E-state index in [0.717, 1.165) is 8.79 Å². The summed E-state index contributed by atoms with van der Waals surface area (Å²) in [5, 5.41) is 3.44. The summed E-state index contributed by atoms with van der Waals surface area (Å²) >= 11 is 10.5. The number of thiazole rings is 1. The first-order valence-electron chi connectivity index (χ1n) is 6.49. The Hall–Kier alpha value is -1.02. The normalized spacial score (nSPS) is 13.7. The van der Waals surface area contributed by atoms with Gasteiger partial charge in [-0.3, -0.25) is 4.79 Å². The molecule has 0 aliphatic carbocycles. The van der Waals surface area contributed by atoms with E-state index in [1.165, 1.54) is 29.5 Å². The van der Waals surface area contributed by atoms with Crippen molar-refractivity contribution >= 4 is 50.5 Å². The van der Waals surface area contributed by atoms with Gasteiger partial charge in [-0.05, 0) is 40.5 Å². The van der Waals surface area contributed by atoms with Crippen LogP contribution in [0.2, 0.25) is 5.02 Å². The van der Waals surface area contributed by atoms with Crippen LogP contribution >= 0.6 is 38.9 Å². The van der Waals surface area contributed by atoms with Crippen molar-refractivity contribution in [2.24, 2.45) is 11.7 Å². The maximum absolute atomic E-state index is 13.1. The number of anilines is 1. The summed E-state index contributed by atoms with van der Waals surface area (Å²) < 4.78 is 14.0. The maximum atomic E-state index is 13.1. The molecule has 0 fully saturated rings. The Morgan fingerprint density at radius 2 is 2.32 bits per heavy atom. The van der Waals surface area contributed by atoms with Crippen LogP contribution in [0.1, 0.15) is 24.4 Å². The van der Waals surface area contributed by atoms with Crippen LogP contribution in [0.5, 0.6) is 0 Å². The summed E-state index contributed by atoms with van der Waals surface area (Å²) in [7, 11) is 0. The number of nitrogens with zero attached hydrogens (tertiary/aromatic N) is 1. The molecule has 22 heavy (non-hydrogen) atoms. The summed E-state index contributed by atoms with van der Waals surface area (Å²) in [5.41, 5.74) is 6.51. The first kappa shape index (κ1) is 17.3. The molecule has 0 aliphatic heterocycles. The van der Waals surface area contributed by atoms with Crippen LogP contribution in [0.15, 0.2) is 28.2 Å². The fourth-order valence-corrected chi connectivity index (χ4v) is 3.31. The third-order valence-electron chi connectivity index (χ3n) is 3.05. The van der Waals surface area contributed by atoms with Crippen LogP contribution in [-0.4, -0.2) is 10.9 Å². The van der Waals surface area contributed by atoms with Gasteiger partial charge in [-0.25, -0.2) is 9.37 Å². The minimum absolute atomic E-state index is 0.0326. The summed E-state index contributed by atoms with van der Waals surface area (Å²) in [6.07, 6.45) is 2.14. The first-order chi connectivity index (χ1) is 10.4. The highest BCUT2D eigenvalue weighted by Gasteiger charge is 2.20. The molecule has 0 bridgehead atoms. The molecule has 118 valence electrons. The average Bonchev–Trinajstić information content (AvgIpc) is 2.89. The Labute approximate surface area is 145 Å². The molecular formula is C14H14BrClFN3OS. The molecule has 2 rings (SSSR count). The van der Waals surface area contributed by atoms with E-state index in [9.17, 15) is 9.18 Å². The number of aromatic nitrogens is 1. The number of hydrogen-bond acceptors (Lipinski definition) is 4. The van der Waals surface area contributed by atoms with Crippen molar-refractivity contribution in [2.45, 2.75) is 19.4 Å². The van der Waals surface area contributed by atoms with Gasteiger partial charge in [0.2, 0.25) is 5.91 Å². The summed E-state index contributed by atoms with van der Waals surface area (Å²) in [5.74, 6) is -1.04. The number of nitrogens with two attached hydrogens (primary N) is 1. The number of halogens is 3. The van der Waals surface area contributed by atoms with Gasteiger partial charge in [-0.1, -0.05) is 18.5 Å². The Bertz CT molecular complexity index is 682. The average molecular weight is 407 g/mol. The molecule has 0 saturated carbocycles. The number of amides is 1. The van der Waals surface area contributed by atoms with Gasteiger partial charge in [0.25, 0.3) is 0 Å². The molecule has 1 aromatic carbocycles. The lowest BCUT2D eigenvalue weighted by Gasteiger charge is -2.15. The topological polar surface area (TPSA) is 68.0 Å². The van der Waals surface area contributed by atoms with Crippen LogP contribution in [0, 0.1) is 11.7 Å². The van der Waals surface area contributed by atoms with Gasteiger partial charge in [0.1, 0.15) is 10.8 Å².